The SMILES string of the molecule is Cc1ccc([C@H](C)NC(=O)c2cc3cc(Br)ccc3[nH]2)o1. The molecule has 5 heteroatoms. The molecule has 21 heavy (non-hydrogen) atoms. The standard InChI is InChI=1S/C16H15BrN2O2/c1-9-3-6-15(21-9)10(2)18-16(20)14-8-11-7-12(17)4-5-13(11)19-14/h3-8,10,19H,1-2H3,(H,18,20)/t10-/m0/s1. The van der Waals surface area contributed by atoms with Crippen molar-refractivity contribution in [3.05, 3.63) is 58.1 Å². The zero-order chi connectivity index (χ0) is 15.0. The van der Waals surface area contributed by atoms with Gasteiger partial charge in [0, 0.05) is 15.4 Å². The highest BCUT2D eigenvalue weighted by atomic mass is 79.9. The molecule has 0 saturated heterocycles. The molecule has 0 fully saturated rings. The van der Waals surface area contributed by atoms with E-state index in [2.05, 4.69) is 26.2 Å². The van der Waals surface area contributed by atoms with Crippen molar-refractivity contribution in [2.24, 2.45) is 0 Å². The molecule has 2 aromatic heterocycles. The van der Waals surface area contributed by atoms with Gasteiger partial charge in [-0.3, -0.25) is 4.79 Å². The number of amides is 1. The van der Waals surface area contributed by atoms with E-state index in [0.29, 0.717) is 5.69 Å². The summed E-state index contributed by atoms with van der Waals surface area (Å²) >= 11 is 3.43. The Morgan fingerprint density at radius 2 is 2.10 bits per heavy atom. The number of carbonyl (C=O) groups excluding carboxylic acids is 1. The second kappa shape index (κ2) is 5.41. The number of aryl methyl sites for hydroxylation is 1. The minimum absolute atomic E-state index is 0.149. The Kier molecular flexibility index (Phi) is 3.59. The number of furan rings is 1. The molecule has 1 atom stereocenters. The van der Waals surface area contributed by atoms with Crippen LogP contribution in [-0.4, -0.2) is 10.9 Å². The van der Waals surface area contributed by atoms with Crippen molar-refractivity contribution in [1.82, 2.24) is 10.3 Å². The van der Waals surface area contributed by atoms with Gasteiger partial charge < -0.3 is 14.7 Å². The fourth-order valence-electron chi connectivity index (χ4n) is 2.26. The van der Waals surface area contributed by atoms with Gasteiger partial charge in [-0.1, -0.05) is 15.9 Å². The first-order valence-electron chi connectivity index (χ1n) is 6.68. The molecule has 0 aliphatic rings. The number of aromatic nitrogens is 1. The Morgan fingerprint density at radius 3 is 2.81 bits per heavy atom. The van der Waals surface area contributed by atoms with E-state index in [9.17, 15) is 4.79 Å². The second-order valence-corrected chi connectivity index (χ2v) is 5.97. The number of H-pyrrole nitrogens is 1. The van der Waals surface area contributed by atoms with Crippen LogP contribution in [0.3, 0.4) is 0 Å². The Morgan fingerprint density at radius 1 is 1.29 bits per heavy atom. The number of fused-ring (bicyclic) bond motifs is 1. The zero-order valence-electron chi connectivity index (χ0n) is 11.7. The lowest BCUT2D eigenvalue weighted by molar-refractivity contribution is 0.0931. The number of rotatable bonds is 3. The first-order chi connectivity index (χ1) is 10.0. The number of hydrogen-bond donors (Lipinski definition) is 2. The van der Waals surface area contributed by atoms with Gasteiger partial charge in [0.25, 0.3) is 5.91 Å². The predicted octanol–water partition coefficient (Wildman–Crippen LogP) is 4.32. The maximum atomic E-state index is 12.3. The molecule has 3 aromatic rings. The van der Waals surface area contributed by atoms with Crippen molar-refractivity contribution >= 4 is 32.7 Å². The quantitative estimate of drug-likeness (QED) is 0.741. The monoisotopic (exact) mass is 346 g/mol. The molecule has 108 valence electrons. The number of nitrogens with one attached hydrogen (secondary N) is 2. The van der Waals surface area contributed by atoms with E-state index in [1.165, 1.54) is 0 Å². The predicted molar refractivity (Wildman–Crippen MR) is 85.3 cm³/mol. The topological polar surface area (TPSA) is 58.0 Å². The van der Waals surface area contributed by atoms with Crippen LogP contribution in [0.4, 0.5) is 0 Å². The molecule has 4 nitrogen and oxygen atoms in total. The van der Waals surface area contributed by atoms with E-state index >= 15 is 0 Å². The summed E-state index contributed by atoms with van der Waals surface area (Å²) in [6.07, 6.45) is 0. The molecule has 0 saturated carbocycles. The van der Waals surface area contributed by atoms with E-state index < -0.39 is 0 Å². The van der Waals surface area contributed by atoms with Crippen LogP contribution in [-0.2, 0) is 0 Å². The van der Waals surface area contributed by atoms with Crippen LogP contribution < -0.4 is 5.32 Å². The van der Waals surface area contributed by atoms with Gasteiger partial charge >= 0.3 is 0 Å². The van der Waals surface area contributed by atoms with E-state index in [4.69, 9.17) is 4.42 Å². The smallest absolute Gasteiger partial charge is 0.268 e. The van der Waals surface area contributed by atoms with Gasteiger partial charge in [0.1, 0.15) is 17.2 Å². The zero-order valence-corrected chi connectivity index (χ0v) is 13.3. The van der Waals surface area contributed by atoms with Gasteiger partial charge in [-0.05, 0) is 50.2 Å². The van der Waals surface area contributed by atoms with Crippen LogP contribution in [0, 0.1) is 6.92 Å². The number of halogens is 1. The maximum absolute atomic E-state index is 12.3. The fraction of sp³-hybridized carbons (Fsp3) is 0.188. The summed E-state index contributed by atoms with van der Waals surface area (Å²) in [7, 11) is 0. The molecule has 1 aromatic carbocycles. The summed E-state index contributed by atoms with van der Waals surface area (Å²) in [5, 5.41) is 3.92. The van der Waals surface area contributed by atoms with Crippen LogP contribution in [0.15, 0.2) is 45.3 Å². The Bertz CT molecular complexity index is 804. The van der Waals surface area contributed by atoms with E-state index in [-0.39, 0.29) is 11.9 Å². The summed E-state index contributed by atoms with van der Waals surface area (Å²) in [6, 6.07) is 11.3. The van der Waals surface area contributed by atoms with E-state index in [1.807, 2.05) is 50.2 Å². The lowest BCUT2D eigenvalue weighted by Crippen LogP contribution is -2.26. The van der Waals surface area contributed by atoms with Crippen molar-refractivity contribution in [3.8, 4) is 0 Å². The van der Waals surface area contributed by atoms with E-state index in [0.717, 1.165) is 26.9 Å². The van der Waals surface area contributed by atoms with Crippen LogP contribution in [0.2, 0.25) is 0 Å². The number of hydrogen-bond acceptors (Lipinski definition) is 2. The molecular weight excluding hydrogens is 332 g/mol. The third kappa shape index (κ3) is 2.88. The van der Waals surface area contributed by atoms with E-state index in [1.54, 1.807) is 0 Å². The van der Waals surface area contributed by atoms with Gasteiger partial charge in [-0.25, -0.2) is 0 Å². The van der Waals surface area contributed by atoms with Crippen molar-refractivity contribution < 1.29 is 9.21 Å². The van der Waals surface area contributed by atoms with Crippen LogP contribution in [0.5, 0.6) is 0 Å². The molecule has 3 rings (SSSR count). The molecule has 2 heterocycles. The van der Waals surface area contributed by atoms with Gasteiger partial charge in [0.05, 0.1) is 6.04 Å². The molecule has 0 radical (unpaired) electrons. The first kappa shape index (κ1) is 13.9. The summed E-state index contributed by atoms with van der Waals surface area (Å²) in [5.41, 5.74) is 1.48. The normalized spacial score (nSPS) is 12.5. The van der Waals surface area contributed by atoms with Crippen LogP contribution in [0.1, 0.15) is 35.0 Å². The molecule has 2 N–H and O–H groups in total. The minimum atomic E-state index is -0.177. The number of benzene rings is 1. The largest absolute Gasteiger partial charge is 0.464 e. The lowest BCUT2D eigenvalue weighted by Gasteiger charge is -2.10. The van der Waals surface area contributed by atoms with Crippen LogP contribution >= 0.6 is 15.9 Å². The number of aromatic amines is 1. The highest BCUT2D eigenvalue weighted by Gasteiger charge is 2.15. The highest BCUT2D eigenvalue weighted by Crippen LogP contribution is 2.21. The van der Waals surface area contributed by atoms with Gasteiger partial charge in [-0.15, -0.1) is 0 Å². The molecule has 0 spiro atoms. The summed E-state index contributed by atoms with van der Waals surface area (Å²) < 4.78 is 6.51. The average Bonchev–Trinajstić information content (AvgIpc) is 3.04. The molecule has 0 aliphatic carbocycles. The van der Waals surface area contributed by atoms with Crippen LogP contribution in [0.25, 0.3) is 10.9 Å². The Hall–Kier alpha value is -2.01. The van der Waals surface area contributed by atoms with Crippen molar-refractivity contribution in [3.63, 3.8) is 0 Å². The molecule has 0 aliphatic heterocycles. The van der Waals surface area contributed by atoms with Crippen molar-refractivity contribution in [1.29, 1.82) is 0 Å². The highest BCUT2D eigenvalue weighted by molar-refractivity contribution is 9.10. The summed E-state index contributed by atoms with van der Waals surface area (Å²) in [6.45, 7) is 3.78. The van der Waals surface area contributed by atoms with Gasteiger partial charge in [0.2, 0.25) is 0 Å². The third-order valence-corrected chi connectivity index (χ3v) is 3.86. The molecule has 0 unspecified atom stereocenters. The molecular formula is C16H15BrN2O2. The molecule has 1 amide bonds. The van der Waals surface area contributed by atoms with Gasteiger partial charge in [0.15, 0.2) is 0 Å². The third-order valence-electron chi connectivity index (χ3n) is 3.36. The Balaban J connectivity index is 1.80. The molecule has 0 bridgehead atoms. The second-order valence-electron chi connectivity index (χ2n) is 5.06. The summed E-state index contributed by atoms with van der Waals surface area (Å²) in [4.78, 5) is 15.4. The first-order valence-corrected chi connectivity index (χ1v) is 7.48. The lowest BCUT2D eigenvalue weighted by atomic mass is 10.2. The van der Waals surface area contributed by atoms with Crippen molar-refractivity contribution in [2.75, 3.05) is 0 Å². The minimum Gasteiger partial charge on any atom is -0.464 e. The summed E-state index contributed by atoms with van der Waals surface area (Å²) in [5.74, 6) is 1.44. The Labute approximate surface area is 130 Å². The average molecular weight is 347 g/mol. The van der Waals surface area contributed by atoms with Crippen molar-refractivity contribution in [2.45, 2.75) is 19.9 Å². The number of carbonyl (C=O) groups is 1. The maximum Gasteiger partial charge on any atom is 0.268 e. The fourth-order valence-corrected chi connectivity index (χ4v) is 2.64. The van der Waals surface area contributed by atoms with Gasteiger partial charge in [-0.2, -0.15) is 0 Å².